The van der Waals surface area contributed by atoms with Crippen molar-refractivity contribution in [3.63, 3.8) is 0 Å². The summed E-state index contributed by atoms with van der Waals surface area (Å²) in [4.78, 5) is 16.2. The Labute approximate surface area is 165 Å². The molecule has 3 aliphatic heterocycles. The standard InChI is InChI=1S/C20H29N3O5/c24-18(23-11-13-2-1-5-21-10-13)9-15-8-16-20(27-15)19(25)17(28-16)12-22-14-3-6-26-7-4-14/h1-2,5,10,14-17,19-20,22,25H,3-4,6-9,11-12H2,(H,23,24). The van der Waals surface area contributed by atoms with E-state index in [9.17, 15) is 9.90 Å². The second-order valence-corrected chi connectivity index (χ2v) is 7.80. The third-order valence-corrected chi connectivity index (χ3v) is 5.73. The van der Waals surface area contributed by atoms with Crippen molar-refractivity contribution in [3.8, 4) is 0 Å². The van der Waals surface area contributed by atoms with Gasteiger partial charge in [0.2, 0.25) is 5.91 Å². The van der Waals surface area contributed by atoms with Crippen molar-refractivity contribution < 1.29 is 24.1 Å². The van der Waals surface area contributed by atoms with E-state index in [4.69, 9.17) is 14.2 Å². The summed E-state index contributed by atoms with van der Waals surface area (Å²) in [5.41, 5.74) is 0.957. The van der Waals surface area contributed by atoms with Crippen molar-refractivity contribution in [3.05, 3.63) is 30.1 Å². The van der Waals surface area contributed by atoms with E-state index in [1.54, 1.807) is 12.4 Å². The van der Waals surface area contributed by atoms with Crippen LogP contribution in [0.4, 0.5) is 0 Å². The molecule has 1 aromatic rings. The maximum atomic E-state index is 12.2. The van der Waals surface area contributed by atoms with Crippen LogP contribution in [0.5, 0.6) is 0 Å². The fourth-order valence-corrected chi connectivity index (χ4v) is 4.18. The average Bonchev–Trinajstić information content (AvgIpc) is 3.24. The molecule has 4 rings (SSSR count). The van der Waals surface area contributed by atoms with Gasteiger partial charge >= 0.3 is 0 Å². The SMILES string of the molecule is O=C(CC1CC2OC(CNC3CCOCC3)C(O)C2O1)NCc1cccnc1. The Balaban J connectivity index is 1.18. The number of pyridine rings is 1. The summed E-state index contributed by atoms with van der Waals surface area (Å²) in [5.74, 6) is -0.0685. The van der Waals surface area contributed by atoms with Crippen LogP contribution in [0.2, 0.25) is 0 Å². The topological polar surface area (TPSA) is 102 Å². The first-order chi connectivity index (χ1) is 13.7. The molecule has 0 saturated carbocycles. The van der Waals surface area contributed by atoms with Gasteiger partial charge in [-0.05, 0) is 24.5 Å². The first-order valence-corrected chi connectivity index (χ1v) is 10.1. The Bertz CT molecular complexity index is 640. The summed E-state index contributed by atoms with van der Waals surface area (Å²) in [6.45, 7) is 2.62. The minimum Gasteiger partial charge on any atom is -0.388 e. The number of rotatable bonds is 7. The molecule has 3 N–H and O–H groups in total. The van der Waals surface area contributed by atoms with Crippen molar-refractivity contribution in [2.45, 2.75) is 68.8 Å². The molecular formula is C20H29N3O5. The van der Waals surface area contributed by atoms with Crippen LogP contribution in [0.25, 0.3) is 0 Å². The van der Waals surface area contributed by atoms with Crippen LogP contribution in [0.15, 0.2) is 24.5 Å². The number of ether oxygens (including phenoxy) is 3. The molecule has 3 aliphatic rings. The van der Waals surface area contributed by atoms with E-state index in [0.29, 0.717) is 25.6 Å². The van der Waals surface area contributed by atoms with E-state index >= 15 is 0 Å². The first-order valence-electron chi connectivity index (χ1n) is 10.1. The minimum absolute atomic E-state index is 0.0685. The van der Waals surface area contributed by atoms with Crippen molar-refractivity contribution in [2.24, 2.45) is 0 Å². The van der Waals surface area contributed by atoms with Crippen LogP contribution >= 0.6 is 0 Å². The number of amides is 1. The van der Waals surface area contributed by atoms with Crippen LogP contribution in [0.1, 0.15) is 31.2 Å². The Hall–Kier alpha value is -1.58. The predicted octanol–water partition coefficient (Wildman–Crippen LogP) is 0.142. The molecule has 154 valence electrons. The third kappa shape index (κ3) is 4.87. The van der Waals surface area contributed by atoms with Gasteiger partial charge in [0.15, 0.2) is 0 Å². The number of hydrogen-bond acceptors (Lipinski definition) is 7. The monoisotopic (exact) mass is 391 g/mol. The van der Waals surface area contributed by atoms with Crippen LogP contribution in [-0.2, 0) is 25.5 Å². The summed E-state index contributed by atoms with van der Waals surface area (Å²) in [6, 6.07) is 4.18. The number of aliphatic hydroxyl groups is 1. The van der Waals surface area contributed by atoms with Crippen molar-refractivity contribution in [1.29, 1.82) is 0 Å². The Kier molecular flexibility index (Phi) is 6.54. The zero-order chi connectivity index (χ0) is 19.3. The highest BCUT2D eigenvalue weighted by Crippen LogP contribution is 2.35. The fraction of sp³-hybridized carbons (Fsp3) is 0.700. The zero-order valence-corrected chi connectivity index (χ0v) is 16.0. The lowest BCUT2D eigenvalue weighted by molar-refractivity contribution is -0.124. The molecule has 3 saturated heterocycles. The quantitative estimate of drug-likeness (QED) is 0.608. The van der Waals surface area contributed by atoms with Gasteiger partial charge in [-0.1, -0.05) is 6.07 Å². The number of nitrogens with one attached hydrogen (secondary N) is 2. The molecule has 4 heterocycles. The van der Waals surface area contributed by atoms with Crippen LogP contribution < -0.4 is 10.6 Å². The third-order valence-electron chi connectivity index (χ3n) is 5.73. The summed E-state index contributed by atoms with van der Waals surface area (Å²) in [6.07, 6.45) is 4.67. The number of aliphatic hydroxyl groups excluding tert-OH is 1. The molecular weight excluding hydrogens is 362 g/mol. The van der Waals surface area contributed by atoms with Gasteiger partial charge < -0.3 is 30.0 Å². The Morgan fingerprint density at radius 3 is 2.89 bits per heavy atom. The summed E-state index contributed by atoms with van der Waals surface area (Å²) in [7, 11) is 0. The Morgan fingerprint density at radius 2 is 2.14 bits per heavy atom. The van der Waals surface area contributed by atoms with Crippen molar-refractivity contribution >= 4 is 5.91 Å². The molecule has 0 spiro atoms. The highest BCUT2D eigenvalue weighted by molar-refractivity contribution is 5.76. The van der Waals surface area contributed by atoms with E-state index < -0.39 is 6.10 Å². The molecule has 5 atom stereocenters. The number of nitrogens with zero attached hydrogens (tertiary/aromatic N) is 1. The molecule has 1 aromatic heterocycles. The molecule has 0 aromatic carbocycles. The molecule has 0 radical (unpaired) electrons. The summed E-state index contributed by atoms with van der Waals surface area (Å²) < 4.78 is 17.3. The van der Waals surface area contributed by atoms with E-state index in [1.807, 2.05) is 12.1 Å². The second-order valence-electron chi connectivity index (χ2n) is 7.80. The Morgan fingerprint density at radius 1 is 1.29 bits per heavy atom. The van der Waals surface area contributed by atoms with Gasteiger partial charge in [0.1, 0.15) is 12.2 Å². The number of fused-ring (bicyclic) bond motifs is 1. The number of carbonyl (C=O) groups excluding carboxylic acids is 1. The lowest BCUT2D eigenvalue weighted by Crippen LogP contribution is -2.44. The van der Waals surface area contributed by atoms with E-state index in [-0.39, 0.29) is 36.7 Å². The van der Waals surface area contributed by atoms with Gasteiger partial charge in [-0.2, -0.15) is 0 Å². The minimum atomic E-state index is -0.666. The van der Waals surface area contributed by atoms with Gasteiger partial charge in [0.05, 0.1) is 24.7 Å². The average molecular weight is 391 g/mol. The van der Waals surface area contributed by atoms with Crippen LogP contribution in [0, 0.1) is 0 Å². The van der Waals surface area contributed by atoms with E-state index in [2.05, 4.69) is 15.6 Å². The van der Waals surface area contributed by atoms with Gasteiger partial charge in [-0.15, -0.1) is 0 Å². The molecule has 3 fully saturated rings. The van der Waals surface area contributed by atoms with Crippen molar-refractivity contribution in [2.75, 3.05) is 19.8 Å². The fourth-order valence-electron chi connectivity index (χ4n) is 4.18. The smallest absolute Gasteiger partial charge is 0.222 e. The molecule has 8 heteroatoms. The van der Waals surface area contributed by atoms with Crippen LogP contribution in [0.3, 0.4) is 0 Å². The number of aromatic nitrogens is 1. The van der Waals surface area contributed by atoms with Gasteiger partial charge in [0, 0.05) is 51.2 Å². The maximum absolute atomic E-state index is 12.2. The molecule has 0 aliphatic carbocycles. The second kappa shape index (κ2) is 9.28. The predicted molar refractivity (Wildman–Crippen MR) is 100 cm³/mol. The highest BCUT2D eigenvalue weighted by Gasteiger charge is 2.50. The van der Waals surface area contributed by atoms with Gasteiger partial charge in [-0.25, -0.2) is 0 Å². The van der Waals surface area contributed by atoms with E-state index in [1.165, 1.54) is 0 Å². The van der Waals surface area contributed by atoms with Gasteiger partial charge in [0.25, 0.3) is 0 Å². The normalized spacial score (nSPS) is 33.0. The van der Waals surface area contributed by atoms with Crippen molar-refractivity contribution in [1.82, 2.24) is 15.6 Å². The van der Waals surface area contributed by atoms with Crippen LogP contribution in [-0.4, -0.2) is 72.3 Å². The number of carbonyl (C=O) groups is 1. The summed E-state index contributed by atoms with van der Waals surface area (Å²) in [5, 5.41) is 16.9. The molecule has 5 unspecified atom stereocenters. The molecule has 0 bridgehead atoms. The van der Waals surface area contributed by atoms with Gasteiger partial charge in [-0.3, -0.25) is 9.78 Å². The lowest BCUT2D eigenvalue weighted by atomic mass is 10.1. The summed E-state index contributed by atoms with van der Waals surface area (Å²) >= 11 is 0. The van der Waals surface area contributed by atoms with E-state index in [0.717, 1.165) is 31.6 Å². The largest absolute Gasteiger partial charge is 0.388 e. The zero-order valence-electron chi connectivity index (χ0n) is 16.0. The lowest BCUT2D eigenvalue weighted by Gasteiger charge is -2.26. The molecule has 28 heavy (non-hydrogen) atoms. The number of hydrogen-bond donors (Lipinski definition) is 3. The highest BCUT2D eigenvalue weighted by atomic mass is 16.6. The molecule has 8 nitrogen and oxygen atoms in total. The first kappa shape index (κ1) is 19.7. The molecule has 1 amide bonds. The maximum Gasteiger partial charge on any atom is 0.222 e.